The maximum absolute atomic E-state index is 14.9. The van der Waals surface area contributed by atoms with E-state index < -0.39 is 35.1 Å². The molecule has 230 valence electrons. The Morgan fingerprint density at radius 3 is 2.45 bits per heavy atom. The van der Waals surface area contributed by atoms with Gasteiger partial charge in [-0.1, -0.05) is 63.6 Å². The maximum atomic E-state index is 14.9. The number of aliphatic hydroxyl groups excluding tert-OH is 1. The molecule has 3 amide bonds. The van der Waals surface area contributed by atoms with Gasteiger partial charge in [0.1, 0.15) is 11.6 Å². The standard InChI is InChI=1S/C33H46ClN3O5/c1-8-15-35(16-9-2)29(39)26-27-30(40)37(23(20-38)18-21(4)5)28(33(27)19-22(6)32(26,7)42-33)31(41)36(17-10-3)25-14-12-11-13-24(25)34/h8,10-14,21-23,26-28,38H,1,3,9,15-20H2,2,4-7H3/t22?,23-,26+,27+,28?,32-,33?/m1/s1. The SMILES string of the molecule is C=CCN(CCC)C(=O)[C@@H]1[C@H]2C(=O)N([C@@H](CO)CC(C)C)C(C(=O)N(CC=C)c3ccccc3Cl)C23CC(C)[C@@]1(C)O3. The first-order valence-corrected chi connectivity index (χ1v) is 15.5. The van der Waals surface area contributed by atoms with Gasteiger partial charge >= 0.3 is 0 Å². The van der Waals surface area contributed by atoms with Crippen LogP contribution < -0.4 is 4.90 Å². The average Bonchev–Trinajstić information content (AvgIpc) is 3.46. The Morgan fingerprint density at radius 1 is 1.21 bits per heavy atom. The molecule has 0 radical (unpaired) electrons. The lowest BCUT2D eigenvalue weighted by atomic mass is 9.62. The molecule has 7 atom stereocenters. The molecule has 3 unspecified atom stereocenters. The van der Waals surface area contributed by atoms with Gasteiger partial charge in [-0.05, 0) is 50.2 Å². The third-order valence-corrected chi connectivity index (χ3v) is 9.80. The molecule has 1 spiro atoms. The summed E-state index contributed by atoms with van der Waals surface area (Å²) in [6.07, 6.45) is 5.00. The molecule has 3 saturated heterocycles. The van der Waals surface area contributed by atoms with Crippen LogP contribution in [-0.4, -0.2) is 82.2 Å². The van der Waals surface area contributed by atoms with Crippen molar-refractivity contribution in [3.8, 4) is 0 Å². The van der Waals surface area contributed by atoms with Gasteiger partial charge in [-0.3, -0.25) is 14.4 Å². The van der Waals surface area contributed by atoms with E-state index in [9.17, 15) is 19.5 Å². The first-order valence-electron chi connectivity index (χ1n) is 15.1. The molecular weight excluding hydrogens is 554 g/mol. The Hall–Kier alpha value is -2.68. The van der Waals surface area contributed by atoms with Crippen LogP contribution in [0.5, 0.6) is 0 Å². The summed E-state index contributed by atoms with van der Waals surface area (Å²) in [5.74, 6) is -2.40. The molecule has 0 aromatic heterocycles. The first-order chi connectivity index (χ1) is 19.9. The van der Waals surface area contributed by atoms with Crippen LogP contribution in [0.4, 0.5) is 5.69 Å². The van der Waals surface area contributed by atoms with E-state index in [-0.39, 0.29) is 42.7 Å². The zero-order chi connectivity index (χ0) is 31.0. The molecular formula is C33H46ClN3O5. The van der Waals surface area contributed by atoms with Crippen molar-refractivity contribution in [2.75, 3.05) is 31.1 Å². The zero-order valence-electron chi connectivity index (χ0n) is 25.6. The minimum absolute atomic E-state index is 0.0937. The molecule has 2 bridgehead atoms. The van der Waals surface area contributed by atoms with Crippen molar-refractivity contribution < 1.29 is 24.2 Å². The van der Waals surface area contributed by atoms with E-state index in [4.69, 9.17) is 16.3 Å². The second kappa shape index (κ2) is 12.5. The third-order valence-electron chi connectivity index (χ3n) is 9.48. The van der Waals surface area contributed by atoms with Gasteiger partial charge in [-0.15, -0.1) is 13.2 Å². The van der Waals surface area contributed by atoms with Crippen molar-refractivity contribution >= 4 is 35.0 Å². The number of para-hydroxylation sites is 1. The summed E-state index contributed by atoms with van der Waals surface area (Å²) < 4.78 is 6.93. The minimum Gasteiger partial charge on any atom is -0.394 e. The number of benzene rings is 1. The van der Waals surface area contributed by atoms with Crippen molar-refractivity contribution in [3.05, 3.63) is 54.6 Å². The lowest BCUT2D eigenvalue weighted by Gasteiger charge is -2.40. The molecule has 3 aliphatic heterocycles. The van der Waals surface area contributed by atoms with Gasteiger partial charge in [-0.25, -0.2) is 0 Å². The second-order valence-electron chi connectivity index (χ2n) is 12.7. The van der Waals surface area contributed by atoms with Crippen molar-refractivity contribution in [1.29, 1.82) is 0 Å². The Morgan fingerprint density at radius 2 is 1.88 bits per heavy atom. The van der Waals surface area contributed by atoms with E-state index >= 15 is 0 Å². The number of amides is 3. The minimum atomic E-state index is -1.24. The van der Waals surface area contributed by atoms with Crippen molar-refractivity contribution in [1.82, 2.24) is 9.80 Å². The number of carbonyl (C=O) groups is 3. The van der Waals surface area contributed by atoms with Crippen LogP contribution in [0.3, 0.4) is 0 Å². The van der Waals surface area contributed by atoms with Crippen molar-refractivity contribution in [2.24, 2.45) is 23.7 Å². The molecule has 4 rings (SSSR count). The fourth-order valence-electron chi connectivity index (χ4n) is 7.71. The normalized spacial score (nSPS) is 30.4. The van der Waals surface area contributed by atoms with Gasteiger partial charge in [0, 0.05) is 19.6 Å². The summed E-state index contributed by atoms with van der Waals surface area (Å²) in [6.45, 7) is 18.4. The highest BCUT2D eigenvalue weighted by Gasteiger charge is 2.80. The van der Waals surface area contributed by atoms with Crippen molar-refractivity contribution in [3.63, 3.8) is 0 Å². The number of nitrogens with zero attached hydrogens (tertiary/aromatic N) is 3. The molecule has 9 heteroatoms. The van der Waals surface area contributed by atoms with Crippen LogP contribution in [0.15, 0.2) is 49.6 Å². The largest absolute Gasteiger partial charge is 0.394 e. The molecule has 1 aromatic rings. The van der Waals surface area contributed by atoms with Gasteiger partial charge in [-0.2, -0.15) is 0 Å². The Balaban J connectivity index is 1.90. The summed E-state index contributed by atoms with van der Waals surface area (Å²) in [5.41, 5.74) is -1.67. The highest BCUT2D eigenvalue weighted by atomic mass is 35.5. The summed E-state index contributed by atoms with van der Waals surface area (Å²) >= 11 is 6.58. The third kappa shape index (κ3) is 5.09. The Labute approximate surface area is 255 Å². The number of anilines is 1. The molecule has 1 N–H and O–H groups in total. The van der Waals surface area contributed by atoms with Gasteiger partial charge in [0.05, 0.1) is 40.8 Å². The zero-order valence-corrected chi connectivity index (χ0v) is 26.3. The summed E-state index contributed by atoms with van der Waals surface area (Å²) in [4.78, 5) is 48.7. The number of aliphatic hydroxyl groups is 1. The molecule has 3 aliphatic rings. The van der Waals surface area contributed by atoms with Crippen LogP contribution in [0, 0.1) is 23.7 Å². The van der Waals surface area contributed by atoms with Crippen molar-refractivity contribution in [2.45, 2.75) is 77.2 Å². The van der Waals surface area contributed by atoms with Crippen LogP contribution in [0.25, 0.3) is 0 Å². The van der Waals surface area contributed by atoms with E-state index in [2.05, 4.69) is 13.2 Å². The predicted octanol–water partition coefficient (Wildman–Crippen LogP) is 4.70. The first kappa shape index (κ1) is 32.2. The van der Waals surface area contributed by atoms with E-state index in [1.165, 1.54) is 0 Å². The molecule has 1 aromatic carbocycles. The number of hydrogen-bond acceptors (Lipinski definition) is 5. The fourth-order valence-corrected chi connectivity index (χ4v) is 7.95. The number of fused-ring (bicyclic) bond motifs is 1. The average molecular weight is 600 g/mol. The lowest BCUT2D eigenvalue weighted by molar-refractivity contribution is -0.154. The van der Waals surface area contributed by atoms with E-state index in [1.807, 2.05) is 34.6 Å². The van der Waals surface area contributed by atoms with E-state index in [0.717, 1.165) is 6.42 Å². The highest BCUT2D eigenvalue weighted by Crippen LogP contribution is 2.66. The highest BCUT2D eigenvalue weighted by molar-refractivity contribution is 6.34. The van der Waals surface area contributed by atoms with Crippen LogP contribution in [0.2, 0.25) is 5.02 Å². The lowest BCUT2D eigenvalue weighted by Crippen LogP contribution is -2.59. The Kier molecular flexibility index (Phi) is 9.60. The monoisotopic (exact) mass is 599 g/mol. The molecule has 0 aliphatic carbocycles. The van der Waals surface area contributed by atoms with Gasteiger partial charge in [0.2, 0.25) is 11.8 Å². The van der Waals surface area contributed by atoms with Gasteiger partial charge in [0.15, 0.2) is 0 Å². The molecule has 0 saturated carbocycles. The molecule has 3 fully saturated rings. The molecule has 8 nitrogen and oxygen atoms in total. The summed E-state index contributed by atoms with van der Waals surface area (Å²) in [6, 6.07) is 5.40. The summed E-state index contributed by atoms with van der Waals surface area (Å²) in [7, 11) is 0. The maximum Gasteiger partial charge on any atom is 0.253 e. The predicted molar refractivity (Wildman–Crippen MR) is 165 cm³/mol. The number of ether oxygens (including phenoxy) is 1. The quantitative estimate of drug-likeness (QED) is 0.332. The van der Waals surface area contributed by atoms with Gasteiger partial charge < -0.3 is 24.5 Å². The Bertz CT molecular complexity index is 1220. The topological polar surface area (TPSA) is 90.4 Å². The smallest absolute Gasteiger partial charge is 0.253 e. The van der Waals surface area contributed by atoms with Gasteiger partial charge in [0.25, 0.3) is 5.91 Å². The van der Waals surface area contributed by atoms with Crippen LogP contribution in [0.1, 0.15) is 53.9 Å². The van der Waals surface area contributed by atoms with E-state index in [0.29, 0.717) is 36.6 Å². The number of carbonyl (C=O) groups excluding carboxylic acids is 3. The number of rotatable bonds is 13. The van der Waals surface area contributed by atoms with E-state index in [1.54, 1.807) is 51.1 Å². The number of likely N-dealkylation sites (tertiary alicyclic amines) is 1. The number of halogens is 1. The molecule has 3 heterocycles. The van der Waals surface area contributed by atoms with Crippen LogP contribution in [-0.2, 0) is 19.1 Å². The van der Waals surface area contributed by atoms with Crippen LogP contribution >= 0.6 is 11.6 Å². The fraction of sp³-hybridized carbons (Fsp3) is 0.606. The summed E-state index contributed by atoms with van der Waals surface area (Å²) in [5, 5.41) is 11.0. The number of hydrogen-bond donors (Lipinski definition) is 1. The second-order valence-corrected chi connectivity index (χ2v) is 13.1. The molecule has 42 heavy (non-hydrogen) atoms.